The van der Waals surface area contributed by atoms with Gasteiger partial charge in [-0.1, -0.05) is 32.9 Å². The molecule has 0 unspecified atom stereocenters. The van der Waals surface area contributed by atoms with Crippen molar-refractivity contribution in [3.63, 3.8) is 0 Å². The molecule has 1 amide bonds. The highest BCUT2D eigenvalue weighted by Crippen LogP contribution is 2.28. The van der Waals surface area contributed by atoms with Gasteiger partial charge >= 0.3 is 5.37 Å². The highest BCUT2D eigenvalue weighted by molar-refractivity contribution is 6.62. The van der Waals surface area contributed by atoms with E-state index >= 15 is 0 Å². The highest BCUT2D eigenvalue weighted by Gasteiger charge is 2.15. The molecule has 1 aromatic carbocycles. The zero-order valence-corrected chi connectivity index (χ0v) is 12.1. The third-order valence-electron chi connectivity index (χ3n) is 2.80. The lowest BCUT2D eigenvalue weighted by atomic mass is 9.85. The maximum Gasteiger partial charge on any atom is 0.313 e. The molecule has 0 radical (unpaired) electrons. The van der Waals surface area contributed by atoms with E-state index in [1.54, 1.807) is 7.11 Å². The maximum atomic E-state index is 10.6. The van der Waals surface area contributed by atoms with Gasteiger partial charge in [-0.15, -0.1) is 0 Å². The molecule has 0 aliphatic rings. The second-order valence-corrected chi connectivity index (χ2v) is 5.57. The molecule has 0 fully saturated rings. The summed E-state index contributed by atoms with van der Waals surface area (Å²) in [5.41, 5.74) is 2.42. The Bertz CT molecular complexity index is 424. The molecule has 0 aliphatic carbocycles. The van der Waals surface area contributed by atoms with Crippen LogP contribution in [0.4, 0.5) is 4.79 Å². The molecule has 0 spiro atoms. The molecule has 0 bridgehead atoms. The zero-order chi connectivity index (χ0) is 13.8. The van der Waals surface area contributed by atoms with Crippen molar-refractivity contribution >= 4 is 17.0 Å². The summed E-state index contributed by atoms with van der Waals surface area (Å²) in [6.45, 7) is 7.00. The number of rotatable bonds is 4. The van der Waals surface area contributed by atoms with Gasteiger partial charge in [0.2, 0.25) is 0 Å². The Morgan fingerprint density at radius 2 is 2.06 bits per heavy atom. The Balaban J connectivity index is 2.89. The number of ether oxygens (including phenoxy) is 1. The molecule has 1 rings (SSSR count). The second kappa shape index (κ2) is 6.10. The van der Waals surface area contributed by atoms with Crippen molar-refractivity contribution < 1.29 is 9.53 Å². The number of benzene rings is 1. The lowest BCUT2D eigenvalue weighted by molar-refractivity contribution is 0.260. The fourth-order valence-electron chi connectivity index (χ4n) is 1.74. The molecule has 0 aromatic heterocycles. The summed E-state index contributed by atoms with van der Waals surface area (Å²) in [7, 11) is 1.65. The number of amides is 1. The Morgan fingerprint density at radius 1 is 1.39 bits per heavy atom. The fraction of sp³-hybridized carbons (Fsp3) is 0.500. The Morgan fingerprint density at radius 3 is 2.56 bits per heavy atom. The van der Waals surface area contributed by atoms with Gasteiger partial charge in [-0.2, -0.15) is 0 Å². The van der Waals surface area contributed by atoms with E-state index in [-0.39, 0.29) is 5.41 Å². The molecule has 100 valence electrons. The van der Waals surface area contributed by atoms with Crippen molar-refractivity contribution in [2.24, 2.45) is 0 Å². The van der Waals surface area contributed by atoms with Gasteiger partial charge in [0.05, 0.1) is 7.11 Å². The molecule has 4 heteroatoms. The summed E-state index contributed by atoms with van der Waals surface area (Å²) in [5, 5.41) is 2.05. The molecule has 0 heterocycles. The lowest BCUT2D eigenvalue weighted by Crippen LogP contribution is -2.20. The molecule has 0 saturated heterocycles. The number of halogens is 1. The summed E-state index contributed by atoms with van der Waals surface area (Å²) in [6, 6.07) is 6.17. The lowest BCUT2D eigenvalue weighted by Gasteiger charge is -2.21. The van der Waals surface area contributed by atoms with Crippen LogP contribution in [0.2, 0.25) is 0 Å². The molecule has 0 aliphatic heterocycles. The normalized spacial score (nSPS) is 11.2. The summed E-state index contributed by atoms with van der Waals surface area (Å²) in [6.07, 6.45) is 0.700. The van der Waals surface area contributed by atoms with Crippen LogP contribution in [0.1, 0.15) is 31.9 Å². The standard InChI is InChI=1S/C14H20ClNO2/c1-14(2,3)11-5-6-12(18-4)10(9-11)7-8-16-13(15)17/h5-6,9H,7-8H2,1-4H3,(H,16,17). The molecule has 3 nitrogen and oxygen atoms in total. The minimum absolute atomic E-state index is 0.0940. The van der Waals surface area contributed by atoms with E-state index in [1.165, 1.54) is 5.56 Å². The predicted octanol–water partition coefficient (Wildman–Crippen LogP) is 3.48. The van der Waals surface area contributed by atoms with Crippen LogP contribution in [-0.4, -0.2) is 19.0 Å². The molecule has 0 atom stereocenters. The Labute approximate surface area is 113 Å². The molecule has 1 N–H and O–H groups in total. The van der Waals surface area contributed by atoms with Crippen LogP contribution in [0, 0.1) is 0 Å². The van der Waals surface area contributed by atoms with E-state index in [9.17, 15) is 4.79 Å². The van der Waals surface area contributed by atoms with Gasteiger partial charge in [-0.25, -0.2) is 0 Å². The van der Waals surface area contributed by atoms with Gasteiger partial charge in [0, 0.05) is 6.54 Å². The van der Waals surface area contributed by atoms with E-state index in [4.69, 9.17) is 16.3 Å². The second-order valence-electron chi connectivity index (χ2n) is 5.23. The average Bonchev–Trinajstić information content (AvgIpc) is 2.27. The van der Waals surface area contributed by atoms with Crippen LogP contribution >= 0.6 is 11.6 Å². The van der Waals surface area contributed by atoms with Crippen LogP contribution in [0.15, 0.2) is 18.2 Å². The van der Waals surface area contributed by atoms with Gasteiger partial charge in [-0.05, 0) is 40.6 Å². The third kappa shape index (κ3) is 4.22. The van der Waals surface area contributed by atoms with E-state index in [0.717, 1.165) is 11.3 Å². The van der Waals surface area contributed by atoms with Crippen LogP contribution < -0.4 is 10.1 Å². The first-order chi connectivity index (χ1) is 8.34. The molecular weight excluding hydrogens is 250 g/mol. The first-order valence-electron chi connectivity index (χ1n) is 5.95. The molecule has 0 saturated carbocycles. The van der Waals surface area contributed by atoms with Crippen LogP contribution in [-0.2, 0) is 11.8 Å². The first kappa shape index (κ1) is 14.8. The molecular formula is C14H20ClNO2. The zero-order valence-electron chi connectivity index (χ0n) is 11.3. The van der Waals surface area contributed by atoms with Gasteiger partial charge in [0.1, 0.15) is 5.75 Å². The largest absolute Gasteiger partial charge is 0.496 e. The summed E-state index contributed by atoms with van der Waals surface area (Å²) < 4.78 is 5.32. The first-order valence-corrected chi connectivity index (χ1v) is 6.33. The molecule has 18 heavy (non-hydrogen) atoms. The van der Waals surface area contributed by atoms with E-state index in [0.29, 0.717) is 13.0 Å². The van der Waals surface area contributed by atoms with Gasteiger partial charge in [-0.3, -0.25) is 4.79 Å². The minimum atomic E-state index is -0.527. The minimum Gasteiger partial charge on any atom is -0.496 e. The number of carbonyl (C=O) groups is 1. The Hall–Kier alpha value is -1.22. The van der Waals surface area contributed by atoms with Crippen molar-refractivity contribution in [3.8, 4) is 5.75 Å². The van der Waals surface area contributed by atoms with Crippen LogP contribution in [0.25, 0.3) is 0 Å². The van der Waals surface area contributed by atoms with E-state index < -0.39 is 5.37 Å². The van der Waals surface area contributed by atoms with Crippen LogP contribution in [0.5, 0.6) is 5.75 Å². The number of hydrogen-bond donors (Lipinski definition) is 1. The summed E-state index contributed by atoms with van der Waals surface area (Å²) >= 11 is 5.24. The van der Waals surface area contributed by atoms with E-state index in [2.05, 4.69) is 38.2 Å². The SMILES string of the molecule is COc1ccc(C(C)(C)C)cc1CCNC(=O)Cl. The molecule has 1 aromatic rings. The monoisotopic (exact) mass is 269 g/mol. The maximum absolute atomic E-state index is 10.6. The predicted molar refractivity (Wildman–Crippen MR) is 74.6 cm³/mol. The summed E-state index contributed by atoms with van der Waals surface area (Å²) in [5.74, 6) is 0.840. The average molecular weight is 270 g/mol. The van der Waals surface area contributed by atoms with Crippen LogP contribution in [0.3, 0.4) is 0 Å². The number of nitrogens with one attached hydrogen (secondary N) is 1. The smallest absolute Gasteiger partial charge is 0.313 e. The van der Waals surface area contributed by atoms with Gasteiger partial charge in [0.15, 0.2) is 0 Å². The van der Waals surface area contributed by atoms with Crippen molar-refractivity contribution in [1.82, 2.24) is 5.32 Å². The number of carbonyl (C=O) groups excluding carboxylic acids is 1. The number of methoxy groups -OCH3 is 1. The quantitative estimate of drug-likeness (QED) is 0.671. The van der Waals surface area contributed by atoms with Gasteiger partial charge < -0.3 is 10.1 Å². The highest BCUT2D eigenvalue weighted by atomic mass is 35.5. The topological polar surface area (TPSA) is 38.3 Å². The number of hydrogen-bond acceptors (Lipinski definition) is 2. The van der Waals surface area contributed by atoms with Crippen molar-refractivity contribution in [2.75, 3.05) is 13.7 Å². The Kier molecular flexibility index (Phi) is 5.03. The van der Waals surface area contributed by atoms with Crippen molar-refractivity contribution in [1.29, 1.82) is 0 Å². The fourth-order valence-corrected chi connectivity index (χ4v) is 1.83. The van der Waals surface area contributed by atoms with Crippen molar-refractivity contribution in [3.05, 3.63) is 29.3 Å². The summed E-state index contributed by atoms with van der Waals surface area (Å²) in [4.78, 5) is 10.6. The van der Waals surface area contributed by atoms with E-state index in [1.807, 2.05) is 6.07 Å². The van der Waals surface area contributed by atoms with Crippen molar-refractivity contribution in [2.45, 2.75) is 32.6 Å². The van der Waals surface area contributed by atoms with Gasteiger partial charge in [0.25, 0.3) is 0 Å². The third-order valence-corrected chi connectivity index (χ3v) is 2.94.